The van der Waals surface area contributed by atoms with E-state index in [1.807, 2.05) is 46.2 Å². The molecule has 2 heterocycles. The normalized spacial score (nSPS) is 19.7. The summed E-state index contributed by atoms with van der Waals surface area (Å²) in [5, 5.41) is 0. The van der Waals surface area contributed by atoms with Crippen LogP contribution in [0.5, 0.6) is 0 Å². The number of ether oxygens (including phenoxy) is 1. The molecule has 2 aliphatic rings. The maximum atomic E-state index is 12.5. The molecule has 0 atom stereocenters. The monoisotopic (exact) mass is 328 g/mol. The summed E-state index contributed by atoms with van der Waals surface area (Å²) in [5.74, 6) is 0.298. The Kier molecular flexibility index (Phi) is 5.64. The summed E-state index contributed by atoms with van der Waals surface area (Å²) in [7, 11) is 0. The number of benzene rings is 1. The zero-order chi connectivity index (χ0) is 16.8. The van der Waals surface area contributed by atoms with Gasteiger partial charge in [0.05, 0.1) is 13.2 Å². The number of nitrogens with zero attached hydrogens (tertiary/aromatic N) is 2. The van der Waals surface area contributed by atoms with Gasteiger partial charge >= 0.3 is 0 Å². The van der Waals surface area contributed by atoms with Gasteiger partial charge in [0, 0.05) is 38.2 Å². The minimum atomic E-state index is 0.0242. The Morgan fingerprint density at radius 1 is 0.958 bits per heavy atom. The van der Waals surface area contributed by atoms with Crippen LogP contribution in [0.4, 0.5) is 0 Å². The van der Waals surface area contributed by atoms with Crippen LogP contribution in [0.15, 0.2) is 36.4 Å². The molecular weight excluding hydrogens is 304 g/mol. The van der Waals surface area contributed by atoms with E-state index in [-0.39, 0.29) is 17.7 Å². The maximum absolute atomic E-state index is 12.5. The molecule has 0 aliphatic carbocycles. The molecule has 2 aliphatic heterocycles. The van der Waals surface area contributed by atoms with Gasteiger partial charge in [0.25, 0.3) is 0 Å². The predicted molar refractivity (Wildman–Crippen MR) is 92.2 cm³/mol. The average molecular weight is 328 g/mol. The number of amides is 2. The second kappa shape index (κ2) is 8.11. The fourth-order valence-corrected chi connectivity index (χ4v) is 3.23. The standard InChI is InChI=1S/C19H24N2O3/c22-18(7-6-16-4-2-1-3-5-16)20-10-8-17(9-11-20)19(23)21-12-14-24-15-13-21/h1-7,17H,8-15H2/b7-6+. The fourth-order valence-electron chi connectivity index (χ4n) is 3.23. The van der Waals surface area contributed by atoms with Crippen molar-refractivity contribution >= 4 is 17.9 Å². The highest BCUT2D eigenvalue weighted by atomic mass is 16.5. The molecule has 24 heavy (non-hydrogen) atoms. The van der Waals surface area contributed by atoms with Gasteiger partial charge in [0.2, 0.25) is 11.8 Å². The zero-order valence-electron chi connectivity index (χ0n) is 13.9. The minimum absolute atomic E-state index is 0.0242. The summed E-state index contributed by atoms with van der Waals surface area (Å²) < 4.78 is 5.29. The van der Waals surface area contributed by atoms with Crippen LogP contribution in [-0.4, -0.2) is 61.0 Å². The van der Waals surface area contributed by atoms with Crippen molar-refractivity contribution in [3.63, 3.8) is 0 Å². The van der Waals surface area contributed by atoms with Crippen molar-refractivity contribution in [3.8, 4) is 0 Å². The van der Waals surface area contributed by atoms with E-state index in [0.29, 0.717) is 39.4 Å². The Labute approximate surface area is 142 Å². The molecule has 1 aromatic rings. The smallest absolute Gasteiger partial charge is 0.246 e. The molecular formula is C19H24N2O3. The molecule has 0 unspecified atom stereocenters. The quantitative estimate of drug-likeness (QED) is 0.795. The Hall–Kier alpha value is -2.14. The van der Waals surface area contributed by atoms with Crippen LogP contribution in [0.2, 0.25) is 0 Å². The first-order valence-electron chi connectivity index (χ1n) is 8.62. The van der Waals surface area contributed by atoms with Gasteiger partial charge in [-0.2, -0.15) is 0 Å². The maximum Gasteiger partial charge on any atom is 0.246 e. The lowest BCUT2D eigenvalue weighted by Gasteiger charge is -2.35. The first-order chi connectivity index (χ1) is 11.7. The van der Waals surface area contributed by atoms with Crippen LogP contribution >= 0.6 is 0 Å². The first-order valence-corrected chi connectivity index (χ1v) is 8.62. The molecule has 0 radical (unpaired) electrons. The van der Waals surface area contributed by atoms with Crippen LogP contribution in [-0.2, 0) is 14.3 Å². The van der Waals surface area contributed by atoms with Crippen molar-refractivity contribution in [1.82, 2.24) is 9.80 Å². The first kappa shape index (κ1) is 16.7. The molecule has 0 bridgehead atoms. The number of carbonyl (C=O) groups is 2. The van der Waals surface area contributed by atoms with E-state index in [2.05, 4.69) is 0 Å². The molecule has 2 fully saturated rings. The number of rotatable bonds is 3. The van der Waals surface area contributed by atoms with Crippen molar-refractivity contribution in [2.75, 3.05) is 39.4 Å². The summed E-state index contributed by atoms with van der Waals surface area (Å²) in [6.45, 7) is 3.95. The molecule has 1 aromatic carbocycles. The molecule has 128 valence electrons. The van der Waals surface area contributed by atoms with Crippen LogP contribution < -0.4 is 0 Å². The molecule has 0 N–H and O–H groups in total. The van der Waals surface area contributed by atoms with Gasteiger partial charge in [-0.3, -0.25) is 9.59 Å². The lowest BCUT2D eigenvalue weighted by molar-refractivity contribution is -0.142. The Morgan fingerprint density at radius 3 is 2.29 bits per heavy atom. The second-order valence-corrected chi connectivity index (χ2v) is 6.28. The Balaban J connectivity index is 1.48. The molecule has 5 heteroatoms. The molecule has 0 spiro atoms. The zero-order valence-corrected chi connectivity index (χ0v) is 13.9. The lowest BCUT2D eigenvalue weighted by Crippen LogP contribution is -2.47. The number of carbonyl (C=O) groups excluding carboxylic acids is 2. The summed E-state index contributed by atoms with van der Waals surface area (Å²) in [6, 6.07) is 9.79. The van der Waals surface area contributed by atoms with Crippen LogP contribution in [0, 0.1) is 5.92 Å². The highest BCUT2D eigenvalue weighted by Gasteiger charge is 2.30. The molecule has 0 saturated carbocycles. The molecule has 5 nitrogen and oxygen atoms in total. The van der Waals surface area contributed by atoms with Gasteiger partial charge in [0.15, 0.2) is 0 Å². The molecule has 2 amide bonds. The summed E-state index contributed by atoms with van der Waals surface area (Å²) in [4.78, 5) is 28.5. The van der Waals surface area contributed by atoms with E-state index in [0.717, 1.165) is 18.4 Å². The van der Waals surface area contributed by atoms with Gasteiger partial charge in [-0.15, -0.1) is 0 Å². The average Bonchev–Trinajstić information content (AvgIpc) is 2.67. The fraction of sp³-hybridized carbons (Fsp3) is 0.474. The summed E-state index contributed by atoms with van der Waals surface area (Å²) in [5.41, 5.74) is 1.02. The van der Waals surface area contributed by atoms with Crippen molar-refractivity contribution < 1.29 is 14.3 Å². The highest BCUT2D eigenvalue weighted by molar-refractivity contribution is 5.92. The topological polar surface area (TPSA) is 49.9 Å². The highest BCUT2D eigenvalue weighted by Crippen LogP contribution is 2.20. The van der Waals surface area contributed by atoms with Gasteiger partial charge in [-0.05, 0) is 24.5 Å². The van der Waals surface area contributed by atoms with Crippen molar-refractivity contribution in [2.45, 2.75) is 12.8 Å². The van der Waals surface area contributed by atoms with E-state index < -0.39 is 0 Å². The van der Waals surface area contributed by atoms with Gasteiger partial charge in [-0.1, -0.05) is 30.3 Å². The van der Waals surface area contributed by atoms with E-state index in [9.17, 15) is 9.59 Å². The van der Waals surface area contributed by atoms with Crippen molar-refractivity contribution in [1.29, 1.82) is 0 Å². The van der Waals surface area contributed by atoms with Crippen molar-refractivity contribution in [2.24, 2.45) is 5.92 Å². The third-order valence-corrected chi connectivity index (χ3v) is 4.70. The van der Waals surface area contributed by atoms with Crippen molar-refractivity contribution in [3.05, 3.63) is 42.0 Å². The third kappa shape index (κ3) is 4.23. The van der Waals surface area contributed by atoms with E-state index in [4.69, 9.17) is 4.74 Å². The number of piperidine rings is 1. The van der Waals surface area contributed by atoms with E-state index in [1.54, 1.807) is 6.08 Å². The van der Waals surface area contributed by atoms with E-state index >= 15 is 0 Å². The third-order valence-electron chi connectivity index (χ3n) is 4.70. The minimum Gasteiger partial charge on any atom is -0.378 e. The molecule has 3 rings (SSSR count). The largest absolute Gasteiger partial charge is 0.378 e. The SMILES string of the molecule is O=C(/C=C/c1ccccc1)N1CCC(C(=O)N2CCOCC2)CC1. The molecule has 2 saturated heterocycles. The second-order valence-electron chi connectivity index (χ2n) is 6.28. The number of morpholine rings is 1. The number of hydrogen-bond donors (Lipinski definition) is 0. The van der Waals surface area contributed by atoms with Gasteiger partial charge in [-0.25, -0.2) is 0 Å². The summed E-state index contributed by atoms with van der Waals surface area (Å²) in [6.07, 6.45) is 4.97. The Bertz CT molecular complexity index is 586. The summed E-state index contributed by atoms with van der Waals surface area (Å²) >= 11 is 0. The number of hydrogen-bond acceptors (Lipinski definition) is 3. The lowest BCUT2D eigenvalue weighted by atomic mass is 9.95. The predicted octanol–water partition coefficient (Wildman–Crippen LogP) is 1.80. The van der Waals surface area contributed by atoms with Crippen LogP contribution in [0.25, 0.3) is 6.08 Å². The van der Waals surface area contributed by atoms with Gasteiger partial charge in [0.1, 0.15) is 0 Å². The Morgan fingerprint density at radius 2 is 1.62 bits per heavy atom. The number of likely N-dealkylation sites (tertiary alicyclic amines) is 1. The van der Waals surface area contributed by atoms with Crippen LogP contribution in [0.3, 0.4) is 0 Å². The van der Waals surface area contributed by atoms with Gasteiger partial charge < -0.3 is 14.5 Å². The molecule has 0 aromatic heterocycles. The van der Waals surface area contributed by atoms with E-state index in [1.165, 1.54) is 0 Å². The van der Waals surface area contributed by atoms with Crippen LogP contribution in [0.1, 0.15) is 18.4 Å².